The highest BCUT2D eigenvalue weighted by Gasteiger charge is 2.36. The number of hydrogen-bond acceptors (Lipinski definition) is 3. The summed E-state index contributed by atoms with van der Waals surface area (Å²) in [5.41, 5.74) is 0.218. The lowest BCUT2D eigenvalue weighted by atomic mass is 9.84. The average molecular weight is 268 g/mol. The van der Waals surface area contributed by atoms with Crippen LogP contribution in [0.5, 0.6) is 0 Å². The smallest absolute Gasteiger partial charge is 0.313 e. The molecule has 0 fully saturated rings. The fourth-order valence-electron chi connectivity index (χ4n) is 2.14. The first-order chi connectivity index (χ1) is 8.17. The Morgan fingerprint density at radius 1 is 1.39 bits per heavy atom. The fraction of sp³-hybridized carbons (Fsp3) is 0.462. The van der Waals surface area contributed by atoms with E-state index in [1.807, 2.05) is 0 Å². The molecule has 0 aromatic heterocycles. The van der Waals surface area contributed by atoms with E-state index in [2.05, 4.69) is 0 Å². The van der Waals surface area contributed by atoms with Gasteiger partial charge in [-0.05, 0) is 44.4 Å². The van der Waals surface area contributed by atoms with Gasteiger partial charge in [0.15, 0.2) is 9.84 Å². The van der Waals surface area contributed by atoms with Crippen LogP contribution in [0.25, 0.3) is 0 Å². The molecule has 1 aromatic rings. The van der Waals surface area contributed by atoms with E-state index in [4.69, 9.17) is 0 Å². The van der Waals surface area contributed by atoms with E-state index in [9.17, 15) is 18.3 Å². The minimum absolute atomic E-state index is 0.293. The molecule has 1 heterocycles. The molecule has 0 bridgehead atoms. The molecular formula is C13H16O4S. The maximum absolute atomic E-state index is 12.1. The van der Waals surface area contributed by atoms with Crippen molar-refractivity contribution in [2.24, 2.45) is 0 Å². The zero-order valence-electron chi connectivity index (χ0n) is 10.6. The van der Waals surface area contributed by atoms with Gasteiger partial charge in [0.1, 0.15) is 0 Å². The van der Waals surface area contributed by atoms with Crippen LogP contribution in [0.1, 0.15) is 31.9 Å². The lowest BCUT2D eigenvalue weighted by molar-refractivity contribution is -0.142. The maximum atomic E-state index is 12.1. The molecule has 0 spiro atoms. The molecule has 2 rings (SSSR count). The first-order valence-corrected chi connectivity index (χ1v) is 7.32. The number of carbonyl (C=O) groups is 1. The third-order valence-corrected chi connectivity index (χ3v) is 5.89. The SMILES string of the molecule is CC1Cc2ccc(C(C)(C)C(=O)O)cc2S1(=O)=O. The summed E-state index contributed by atoms with van der Waals surface area (Å²) in [6, 6.07) is 4.96. The first-order valence-electron chi connectivity index (χ1n) is 5.78. The second kappa shape index (κ2) is 3.82. The van der Waals surface area contributed by atoms with Crippen molar-refractivity contribution >= 4 is 15.8 Å². The van der Waals surface area contributed by atoms with E-state index in [1.54, 1.807) is 32.9 Å². The predicted molar refractivity (Wildman–Crippen MR) is 67.5 cm³/mol. The van der Waals surface area contributed by atoms with Gasteiger partial charge in [0.2, 0.25) is 0 Å². The van der Waals surface area contributed by atoms with Gasteiger partial charge in [-0.2, -0.15) is 0 Å². The molecule has 1 atom stereocenters. The molecule has 0 saturated carbocycles. The van der Waals surface area contributed by atoms with Crippen LogP contribution in [0.4, 0.5) is 0 Å². The summed E-state index contributed by atoms with van der Waals surface area (Å²) in [5, 5.41) is 8.76. The van der Waals surface area contributed by atoms with E-state index in [-0.39, 0.29) is 0 Å². The Bertz CT molecular complexity index is 614. The fourth-order valence-corrected chi connectivity index (χ4v) is 3.78. The molecule has 18 heavy (non-hydrogen) atoms. The molecule has 0 aliphatic carbocycles. The van der Waals surface area contributed by atoms with E-state index >= 15 is 0 Å². The Hall–Kier alpha value is -1.36. The zero-order chi connectivity index (χ0) is 13.7. The van der Waals surface area contributed by atoms with Gasteiger partial charge in [-0.1, -0.05) is 12.1 Å². The lowest BCUT2D eigenvalue weighted by Gasteiger charge is -2.20. The maximum Gasteiger partial charge on any atom is 0.313 e. The highest BCUT2D eigenvalue weighted by molar-refractivity contribution is 7.92. The van der Waals surface area contributed by atoms with Gasteiger partial charge in [0.05, 0.1) is 15.6 Å². The Morgan fingerprint density at radius 3 is 2.56 bits per heavy atom. The average Bonchev–Trinajstić information content (AvgIpc) is 2.49. The van der Waals surface area contributed by atoms with Crippen molar-refractivity contribution in [1.82, 2.24) is 0 Å². The molecule has 4 nitrogen and oxygen atoms in total. The van der Waals surface area contributed by atoms with Crippen molar-refractivity contribution in [2.75, 3.05) is 0 Å². The molecular weight excluding hydrogens is 252 g/mol. The van der Waals surface area contributed by atoms with Crippen molar-refractivity contribution in [3.8, 4) is 0 Å². The summed E-state index contributed by atoms with van der Waals surface area (Å²) in [7, 11) is -3.29. The summed E-state index contributed by atoms with van der Waals surface area (Å²) in [6.07, 6.45) is 0.505. The van der Waals surface area contributed by atoms with Crippen molar-refractivity contribution in [3.05, 3.63) is 29.3 Å². The van der Waals surface area contributed by atoms with E-state index < -0.39 is 26.5 Å². The van der Waals surface area contributed by atoms with Gasteiger partial charge < -0.3 is 5.11 Å². The number of rotatable bonds is 2. The summed E-state index contributed by atoms with van der Waals surface area (Å²) in [5.74, 6) is -0.967. The van der Waals surface area contributed by atoms with Gasteiger partial charge >= 0.3 is 5.97 Å². The molecule has 1 N–H and O–H groups in total. The number of aliphatic carboxylic acids is 1. The lowest BCUT2D eigenvalue weighted by Crippen LogP contribution is -2.28. The van der Waals surface area contributed by atoms with E-state index in [0.717, 1.165) is 5.56 Å². The Kier molecular flexibility index (Phi) is 2.77. The molecule has 5 heteroatoms. The summed E-state index contributed by atoms with van der Waals surface area (Å²) < 4.78 is 24.2. The highest BCUT2D eigenvalue weighted by Crippen LogP contribution is 2.34. The van der Waals surface area contributed by atoms with Crippen molar-refractivity contribution in [1.29, 1.82) is 0 Å². The monoisotopic (exact) mass is 268 g/mol. The topological polar surface area (TPSA) is 71.4 Å². The molecule has 1 aliphatic rings. The molecule has 0 saturated heterocycles. The molecule has 1 aromatic carbocycles. The van der Waals surface area contributed by atoms with Crippen molar-refractivity contribution < 1.29 is 18.3 Å². The van der Waals surface area contributed by atoms with Crippen LogP contribution in [0.15, 0.2) is 23.1 Å². The number of fused-ring (bicyclic) bond motifs is 1. The third-order valence-electron chi connectivity index (χ3n) is 3.67. The predicted octanol–water partition coefficient (Wildman–Crippen LogP) is 1.77. The minimum atomic E-state index is -3.29. The van der Waals surface area contributed by atoms with Crippen LogP contribution in [0, 0.1) is 0 Å². The largest absolute Gasteiger partial charge is 0.481 e. The zero-order valence-corrected chi connectivity index (χ0v) is 11.4. The number of sulfone groups is 1. The molecule has 98 valence electrons. The van der Waals surface area contributed by atoms with Gasteiger partial charge in [-0.25, -0.2) is 8.42 Å². The Morgan fingerprint density at radius 2 is 2.00 bits per heavy atom. The normalized spacial score (nSPS) is 21.6. The van der Waals surface area contributed by atoms with Crippen LogP contribution in [0.2, 0.25) is 0 Å². The second-order valence-corrected chi connectivity index (χ2v) is 7.65. The van der Waals surface area contributed by atoms with Crippen molar-refractivity contribution in [2.45, 2.75) is 42.8 Å². The van der Waals surface area contributed by atoms with Gasteiger partial charge in [0.25, 0.3) is 0 Å². The molecule has 1 unspecified atom stereocenters. The summed E-state index contributed by atoms with van der Waals surface area (Å²) in [6.45, 7) is 4.82. The highest BCUT2D eigenvalue weighted by atomic mass is 32.2. The van der Waals surface area contributed by atoms with Gasteiger partial charge in [-0.3, -0.25) is 4.79 Å². The van der Waals surface area contributed by atoms with Crippen LogP contribution in [-0.2, 0) is 26.5 Å². The number of carboxylic acids is 1. The summed E-state index contributed by atoms with van der Waals surface area (Å²) >= 11 is 0. The minimum Gasteiger partial charge on any atom is -0.481 e. The van der Waals surface area contributed by atoms with Crippen LogP contribution >= 0.6 is 0 Å². The third kappa shape index (κ3) is 1.73. The van der Waals surface area contributed by atoms with Crippen LogP contribution < -0.4 is 0 Å². The van der Waals surface area contributed by atoms with Crippen LogP contribution in [-0.4, -0.2) is 24.7 Å². The van der Waals surface area contributed by atoms with E-state index in [1.165, 1.54) is 6.07 Å². The van der Waals surface area contributed by atoms with Gasteiger partial charge in [-0.15, -0.1) is 0 Å². The number of benzene rings is 1. The second-order valence-electron chi connectivity index (χ2n) is 5.31. The summed E-state index contributed by atoms with van der Waals surface area (Å²) in [4.78, 5) is 11.5. The Balaban J connectivity index is 2.61. The number of carboxylic acid groups (broad SMARTS) is 1. The van der Waals surface area contributed by atoms with Gasteiger partial charge in [0, 0.05) is 0 Å². The van der Waals surface area contributed by atoms with Crippen LogP contribution in [0.3, 0.4) is 0 Å². The molecule has 1 aliphatic heterocycles. The van der Waals surface area contributed by atoms with E-state index in [0.29, 0.717) is 16.9 Å². The standard InChI is InChI=1S/C13H16O4S/c1-8-6-9-4-5-10(13(2,3)12(14)15)7-11(9)18(8,16)17/h4-5,7-8H,6H2,1-3H3,(H,14,15). The molecule has 0 amide bonds. The number of hydrogen-bond donors (Lipinski definition) is 1. The molecule has 0 radical (unpaired) electrons. The Labute approximate surface area is 107 Å². The quantitative estimate of drug-likeness (QED) is 0.887. The first kappa shape index (κ1) is 13.1. The van der Waals surface area contributed by atoms with Crippen molar-refractivity contribution in [3.63, 3.8) is 0 Å².